The van der Waals surface area contributed by atoms with E-state index in [4.69, 9.17) is 10.2 Å². The number of anilines is 1. The lowest BCUT2D eigenvalue weighted by Crippen LogP contribution is -2.44. The minimum Gasteiger partial charge on any atom is -0.481 e. The Hall–Kier alpha value is -2.64. The van der Waals surface area contributed by atoms with Gasteiger partial charge in [-0.2, -0.15) is 0 Å². The van der Waals surface area contributed by atoms with E-state index in [1.165, 1.54) is 6.20 Å². The van der Waals surface area contributed by atoms with Crippen LogP contribution in [0.4, 0.5) is 10.5 Å². The van der Waals surface area contributed by atoms with Crippen LogP contribution in [0.15, 0.2) is 18.3 Å². The molecule has 0 aromatic carbocycles. The van der Waals surface area contributed by atoms with Crippen molar-refractivity contribution in [1.82, 2.24) is 10.3 Å². The fourth-order valence-electron chi connectivity index (χ4n) is 1.24. The highest BCUT2D eigenvalue weighted by molar-refractivity contribution is 5.93. The standard InChI is InChI=1S/C11H13N3O5/c1-6-2-3-7(5-12-6)13-11(19)14-8(10(17)18)4-9(15)16/h2-3,5,8H,4H2,1H3,(H,15,16)(H,17,18)(H2,13,14,19)/t8-/m0/s1. The van der Waals surface area contributed by atoms with E-state index in [2.05, 4.69) is 15.6 Å². The molecule has 0 aliphatic rings. The number of carbonyl (C=O) groups excluding carboxylic acids is 1. The minimum absolute atomic E-state index is 0.377. The Bertz CT molecular complexity index is 486. The molecule has 2 amide bonds. The summed E-state index contributed by atoms with van der Waals surface area (Å²) in [5, 5.41) is 21.7. The number of nitrogens with zero attached hydrogens (tertiary/aromatic N) is 1. The Labute approximate surface area is 108 Å². The van der Waals surface area contributed by atoms with E-state index in [1.807, 2.05) is 0 Å². The van der Waals surface area contributed by atoms with Crippen molar-refractivity contribution in [3.8, 4) is 0 Å². The Morgan fingerprint density at radius 2 is 2.00 bits per heavy atom. The molecule has 0 bridgehead atoms. The van der Waals surface area contributed by atoms with Crippen LogP contribution in [0.2, 0.25) is 0 Å². The topological polar surface area (TPSA) is 129 Å². The highest BCUT2D eigenvalue weighted by Gasteiger charge is 2.22. The number of hydrogen-bond acceptors (Lipinski definition) is 4. The lowest BCUT2D eigenvalue weighted by Gasteiger charge is -2.13. The molecule has 8 nitrogen and oxygen atoms in total. The summed E-state index contributed by atoms with van der Waals surface area (Å²) < 4.78 is 0. The van der Waals surface area contributed by atoms with E-state index in [9.17, 15) is 14.4 Å². The van der Waals surface area contributed by atoms with Crippen LogP contribution in [-0.2, 0) is 9.59 Å². The maximum atomic E-state index is 11.5. The van der Waals surface area contributed by atoms with Crippen molar-refractivity contribution >= 4 is 23.7 Å². The lowest BCUT2D eigenvalue weighted by atomic mass is 10.2. The fraction of sp³-hybridized carbons (Fsp3) is 0.273. The number of carboxylic acids is 2. The highest BCUT2D eigenvalue weighted by Crippen LogP contribution is 2.05. The van der Waals surface area contributed by atoms with Crippen LogP contribution in [-0.4, -0.2) is 39.2 Å². The Morgan fingerprint density at radius 1 is 1.32 bits per heavy atom. The third kappa shape index (κ3) is 5.02. The van der Waals surface area contributed by atoms with Crippen molar-refractivity contribution in [2.45, 2.75) is 19.4 Å². The smallest absolute Gasteiger partial charge is 0.326 e. The minimum atomic E-state index is -1.49. The van der Waals surface area contributed by atoms with Crippen LogP contribution in [0.25, 0.3) is 0 Å². The molecule has 0 radical (unpaired) electrons. The predicted octanol–water partition coefficient (Wildman–Crippen LogP) is 0.439. The summed E-state index contributed by atoms with van der Waals surface area (Å²) in [6, 6.07) is 0.964. The van der Waals surface area contributed by atoms with Gasteiger partial charge < -0.3 is 20.8 Å². The van der Waals surface area contributed by atoms with Crippen LogP contribution in [0.5, 0.6) is 0 Å². The second-order valence-corrected chi connectivity index (χ2v) is 3.78. The van der Waals surface area contributed by atoms with Crippen LogP contribution in [0.3, 0.4) is 0 Å². The number of amides is 2. The number of rotatable bonds is 5. The molecule has 0 unspecified atom stereocenters. The lowest BCUT2D eigenvalue weighted by molar-refractivity contribution is -0.145. The molecule has 0 saturated carbocycles. The molecule has 1 rings (SSSR count). The summed E-state index contributed by atoms with van der Waals surface area (Å²) in [5.74, 6) is -2.73. The van der Waals surface area contributed by atoms with Gasteiger partial charge >= 0.3 is 18.0 Å². The number of aromatic nitrogens is 1. The first-order valence-electron chi connectivity index (χ1n) is 5.33. The van der Waals surface area contributed by atoms with E-state index < -0.39 is 30.4 Å². The largest absolute Gasteiger partial charge is 0.481 e. The summed E-state index contributed by atoms with van der Waals surface area (Å²) in [5.41, 5.74) is 1.14. The van der Waals surface area contributed by atoms with Crippen molar-refractivity contribution in [3.63, 3.8) is 0 Å². The Morgan fingerprint density at radius 3 is 2.47 bits per heavy atom. The maximum absolute atomic E-state index is 11.5. The SMILES string of the molecule is Cc1ccc(NC(=O)N[C@@H](CC(=O)O)C(=O)O)cn1. The van der Waals surface area contributed by atoms with Gasteiger partial charge in [0.05, 0.1) is 18.3 Å². The normalized spacial score (nSPS) is 11.4. The van der Waals surface area contributed by atoms with Gasteiger partial charge in [0.2, 0.25) is 0 Å². The van der Waals surface area contributed by atoms with Gasteiger partial charge in [-0.25, -0.2) is 9.59 Å². The van der Waals surface area contributed by atoms with Crippen molar-refractivity contribution in [1.29, 1.82) is 0 Å². The number of nitrogens with one attached hydrogen (secondary N) is 2. The zero-order valence-electron chi connectivity index (χ0n) is 10.1. The number of carbonyl (C=O) groups is 3. The van der Waals surface area contributed by atoms with Crippen molar-refractivity contribution in [2.75, 3.05) is 5.32 Å². The number of aliphatic carboxylic acids is 2. The van der Waals surface area contributed by atoms with Crippen LogP contribution in [0, 0.1) is 6.92 Å². The first-order chi connectivity index (χ1) is 8.88. The molecule has 19 heavy (non-hydrogen) atoms. The monoisotopic (exact) mass is 267 g/mol. The second-order valence-electron chi connectivity index (χ2n) is 3.78. The van der Waals surface area contributed by atoms with E-state index in [-0.39, 0.29) is 0 Å². The maximum Gasteiger partial charge on any atom is 0.326 e. The number of urea groups is 1. The predicted molar refractivity (Wildman–Crippen MR) is 64.8 cm³/mol. The highest BCUT2D eigenvalue weighted by atomic mass is 16.4. The van der Waals surface area contributed by atoms with Gasteiger partial charge in [0, 0.05) is 5.69 Å². The third-order valence-electron chi connectivity index (χ3n) is 2.15. The zero-order valence-corrected chi connectivity index (χ0v) is 10.1. The van der Waals surface area contributed by atoms with Gasteiger partial charge in [0.15, 0.2) is 0 Å². The third-order valence-corrected chi connectivity index (χ3v) is 2.15. The molecule has 1 heterocycles. The number of carboxylic acid groups (broad SMARTS) is 2. The number of pyridine rings is 1. The van der Waals surface area contributed by atoms with Crippen LogP contribution in [0.1, 0.15) is 12.1 Å². The van der Waals surface area contributed by atoms with Crippen LogP contribution < -0.4 is 10.6 Å². The van der Waals surface area contributed by atoms with Crippen molar-refractivity contribution in [2.24, 2.45) is 0 Å². The van der Waals surface area contributed by atoms with E-state index >= 15 is 0 Å². The molecule has 1 aromatic heterocycles. The summed E-state index contributed by atoms with van der Waals surface area (Å²) in [6.07, 6.45) is 0.705. The van der Waals surface area contributed by atoms with Gasteiger partial charge in [-0.05, 0) is 19.1 Å². The molecule has 0 aliphatic heterocycles. The molecule has 0 spiro atoms. The van der Waals surface area contributed by atoms with Gasteiger partial charge in [-0.3, -0.25) is 9.78 Å². The first kappa shape index (κ1) is 14.4. The van der Waals surface area contributed by atoms with Gasteiger partial charge in [0.1, 0.15) is 6.04 Å². The molecule has 4 N–H and O–H groups in total. The molecule has 1 atom stereocenters. The first-order valence-corrected chi connectivity index (χ1v) is 5.33. The van der Waals surface area contributed by atoms with Gasteiger partial charge in [-0.15, -0.1) is 0 Å². The molecule has 1 aromatic rings. The Kier molecular flexibility index (Phi) is 4.81. The molecular formula is C11H13N3O5. The van der Waals surface area contributed by atoms with Crippen molar-refractivity contribution < 1.29 is 24.6 Å². The Balaban J connectivity index is 2.59. The number of hydrogen-bond donors (Lipinski definition) is 4. The van der Waals surface area contributed by atoms with E-state index in [0.29, 0.717) is 5.69 Å². The van der Waals surface area contributed by atoms with Gasteiger partial charge in [0.25, 0.3) is 0 Å². The van der Waals surface area contributed by atoms with Crippen molar-refractivity contribution in [3.05, 3.63) is 24.0 Å². The zero-order chi connectivity index (χ0) is 14.4. The van der Waals surface area contributed by atoms with Crippen LogP contribution >= 0.6 is 0 Å². The fourth-order valence-corrected chi connectivity index (χ4v) is 1.24. The summed E-state index contributed by atoms with van der Waals surface area (Å²) in [7, 11) is 0. The summed E-state index contributed by atoms with van der Waals surface area (Å²) in [6.45, 7) is 1.77. The number of aryl methyl sites for hydroxylation is 1. The molecule has 102 valence electrons. The second kappa shape index (κ2) is 6.34. The summed E-state index contributed by atoms with van der Waals surface area (Å²) in [4.78, 5) is 36.6. The average Bonchev–Trinajstić information content (AvgIpc) is 2.30. The van der Waals surface area contributed by atoms with E-state index in [1.54, 1.807) is 19.1 Å². The van der Waals surface area contributed by atoms with Gasteiger partial charge in [-0.1, -0.05) is 0 Å². The quantitative estimate of drug-likeness (QED) is 0.612. The molecule has 0 aliphatic carbocycles. The molecule has 0 saturated heterocycles. The summed E-state index contributed by atoms with van der Waals surface area (Å²) >= 11 is 0. The molecular weight excluding hydrogens is 254 g/mol. The average molecular weight is 267 g/mol. The molecule has 8 heteroatoms. The molecule has 0 fully saturated rings. The van der Waals surface area contributed by atoms with E-state index in [0.717, 1.165) is 5.69 Å².